The molecule has 3 heteroatoms. The van der Waals surface area contributed by atoms with E-state index in [1.54, 1.807) is 0 Å². The molecule has 0 aromatic rings. The number of unbranched alkanes of at least 4 members (excludes halogenated alkanes) is 2. The van der Waals surface area contributed by atoms with Crippen molar-refractivity contribution in [2.45, 2.75) is 44.7 Å². The maximum Gasteiger partial charge on any atom is 0.0431 e. The molecule has 1 fully saturated rings. The summed E-state index contributed by atoms with van der Waals surface area (Å²) in [5, 5.41) is 12.2. The largest absolute Gasteiger partial charge is 0.396 e. The van der Waals surface area contributed by atoms with Gasteiger partial charge in [-0.1, -0.05) is 0 Å². The zero-order valence-corrected chi connectivity index (χ0v) is 9.50. The van der Waals surface area contributed by atoms with Crippen LogP contribution in [0, 0.1) is 0 Å². The van der Waals surface area contributed by atoms with Crippen LogP contribution >= 0.6 is 0 Å². The summed E-state index contributed by atoms with van der Waals surface area (Å²) < 4.78 is 0. The maximum absolute atomic E-state index is 8.62. The number of aliphatic hydroxyl groups excluding tert-OH is 1. The molecule has 0 aromatic carbocycles. The van der Waals surface area contributed by atoms with E-state index in [4.69, 9.17) is 5.11 Å². The van der Waals surface area contributed by atoms with Crippen molar-refractivity contribution < 1.29 is 5.11 Å². The second kappa shape index (κ2) is 6.38. The van der Waals surface area contributed by atoms with Gasteiger partial charge in [-0.25, -0.2) is 0 Å². The molecule has 0 bridgehead atoms. The molecule has 14 heavy (non-hydrogen) atoms. The molecule has 2 N–H and O–H groups in total. The predicted molar refractivity (Wildman–Crippen MR) is 59.4 cm³/mol. The first-order valence-electron chi connectivity index (χ1n) is 5.78. The van der Waals surface area contributed by atoms with E-state index in [1.807, 2.05) is 0 Å². The third-order valence-electron chi connectivity index (χ3n) is 3.15. The van der Waals surface area contributed by atoms with Gasteiger partial charge in [0.15, 0.2) is 0 Å². The number of likely N-dealkylation sites (N-methyl/N-ethyl adjacent to an activating group) is 1. The average Bonchev–Trinajstić information content (AvgIpc) is 2.46. The van der Waals surface area contributed by atoms with Crippen LogP contribution in [0.25, 0.3) is 0 Å². The van der Waals surface area contributed by atoms with E-state index in [0.717, 1.165) is 25.4 Å². The van der Waals surface area contributed by atoms with Gasteiger partial charge < -0.3 is 15.3 Å². The molecule has 1 aliphatic heterocycles. The number of rotatable bonds is 6. The van der Waals surface area contributed by atoms with Gasteiger partial charge in [0, 0.05) is 25.2 Å². The van der Waals surface area contributed by atoms with Gasteiger partial charge in [-0.3, -0.25) is 0 Å². The molecule has 3 nitrogen and oxygen atoms in total. The lowest BCUT2D eigenvalue weighted by atomic mass is 10.2. The first-order valence-corrected chi connectivity index (χ1v) is 5.78. The molecule has 0 aromatic heterocycles. The van der Waals surface area contributed by atoms with Gasteiger partial charge in [0.05, 0.1) is 0 Å². The molecule has 0 radical (unpaired) electrons. The summed E-state index contributed by atoms with van der Waals surface area (Å²) in [5.41, 5.74) is 0. The second-order valence-electron chi connectivity index (χ2n) is 4.46. The van der Waals surface area contributed by atoms with Gasteiger partial charge in [0.25, 0.3) is 0 Å². The molecule has 1 aliphatic rings. The quantitative estimate of drug-likeness (QED) is 0.623. The van der Waals surface area contributed by atoms with Gasteiger partial charge in [-0.15, -0.1) is 0 Å². The number of hydrogen-bond donors (Lipinski definition) is 2. The van der Waals surface area contributed by atoms with Crippen molar-refractivity contribution in [3.63, 3.8) is 0 Å². The second-order valence-corrected chi connectivity index (χ2v) is 4.46. The minimum atomic E-state index is 0.337. The Bertz CT molecular complexity index is 142. The van der Waals surface area contributed by atoms with Gasteiger partial charge in [-0.05, 0) is 46.2 Å². The van der Waals surface area contributed by atoms with Crippen LogP contribution in [0.4, 0.5) is 0 Å². The van der Waals surface area contributed by atoms with Gasteiger partial charge >= 0.3 is 0 Å². The summed E-state index contributed by atoms with van der Waals surface area (Å²) in [6, 6.07) is 1.41. The molecule has 1 rings (SSSR count). The molecule has 0 spiro atoms. The van der Waals surface area contributed by atoms with E-state index in [0.29, 0.717) is 12.6 Å². The lowest BCUT2D eigenvalue weighted by molar-refractivity contribution is 0.282. The van der Waals surface area contributed by atoms with E-state index in [-0.39, 0.29) is 0 Å². The van der Waals surface area contributed by atoms with Crippen LogP contribution in [0.5, 0.6) is 0 Å². The predicted octanol–water partition coefficient (Wildman–Crippen LogP) is 0.831. The Morgan fingerprint density at radius 3 is 2.71 bits per heavy atom. The van der Waals surface area contributed by atoms with Crippen molar-refractivity contribution in [1.82, 2.24) is 10.2 Å². The lowest BCUT2D eigenvalue weighted by Crippen LogP contribution is -2.32. The normalized spacial score (nSPS) is 28.5. The van der Waals surface area contributed by atoms with Crippen LogP contribution in [0.15, 0.2) is 0 Å². The Morgan fingerprint density at radius 2 is 2.14 bits per heavy atom. The molecule has 0 amide bonds. The molecule has 1 saturated heterocycles. The first kappa shape index (κ1) is 12.0. The molecular formula is C11H24N2O. The van der Waals surface area contributed by atoms with E-state index in [9.17, 15) is 0 Å². The molecular weight excluding hydrogens is 176 g/mol. The summed E-state index contributed by atoms with van der Waals surface area (Å²) in [5.74, 6) is 0. The molecule has 0 aliphatic carbocycles. The SMILES string of the molecule is CC1CC(NCCCCCO)CN1C. The van der Waals surface area contributed by atoms with Crippen molar-refractivity contribution in [2.75, 3.05) is 26.7 Å². The molecule has 0 saturated carbocycles. The Kier molecular flexibility index (Phi) is 5.45. The fourth-order valence-electron chi connectivity index (χ4n) is 2.06. The van der Waals surface area contributed by atoms with Crippen LogP contribution in [0.3, 0.4) is 0 Å². The van der Waals surface area contributed by atoms with E-state index in [1.165, 1.54) is 19.4 Å². The topological polar surface area (TPSA) is 35.5 Å². The Hall–Kier alpha value is -0.120. The Labute approximate surface area is 87.5 Å². The van der Waals surface area contributed by atoms with Gasteiger partial charge in [0.1, 0.15) is 0 Å². The van der Waals surface area contributed by atoms with Crippen LogP contribution in [-0.2, 0) is 0 Å². The lowest BCUT2D eigenvalue weighted by Gasteiger charge is -2.13. The van der Waals surface area contributed by atoms with Crippen LogP contribution in [-0.4, -0.2) is 48.8 Å². The summed E-state index contributed by atoms with van der Waals surface area (Å²) in [6.45, 7) is 4.91. The van der Waals surface area contributed by atoms with E-state index < -0.39 is 0 Å². The summed E-state index contributed by atoms with van der Waals surface area (Å²) >= 11 is 0. The fraction of sp³-hybridized carbons (Fsp3) is 1.00. The van der Waals surface area contributed by atoms with E-state index in [2.05, 4.69) is 24.2 Å². The number of hydrogen-bond acceptors (Lipinski definition) is 3. The third-order valence-corrected chi connectivity index (χ3v) is 3.15. The number of likely N-dealkylation sites (tertiary alicyclic amines) is 1. The Morgan fingerprint density at radius 1 is 1.36 bits per heavy atom. The van der Waals surface area contributed by atoms with Crippen molar-refractivity contribution in [3.05, 3.63) is 0 Å². The first-order chi connectivity index (χ1) is 6.74. The van der Waals surface area contributed by atoms with Gasteiger partial charge in [0.2, 0.25) is 0 Å². The van der Waals surface area contributed by atoms with Crippen LogP contribution in [0.1, 0.15) is 32.6 Å². The minimum absolute atomic E-state index is 0.337. The molecule has 84 valence electrons. The Balaban J connectivity index is 1.97. The highest BCUT2D eigenvalue weighted by molar-refractivity contribution is 4.84. The standard InChI is InChI=1S/C11H24N2O/c1-10-8-11(9-13(10)2)12-6-4-3-5-7-14/h10-12,14H,3-9H2,1-2H3. The zero-order chi connectivity index (χ0) is 10.4. The van der Waals surface area contributed by atoms with Crippen molar-refractivity contribution in [3.8, 4) is 0 Å². The zero-order valence-electron chi connectivity index (χ0n) is 9.50. The maximum atomic E-state index is 8.62. The van der Waals surface area contributed by atoms with Crippen LogP contribution in [0.2, 0.25) is 0 Å². The molecule has 2 atom stereocenters. The monoisotopic (exact) mass is 200 g/mol. The molecule has 2 unspecified atom stereocenters. The van der Waals surface area contributed by atoms with Crippen molar-refractivity contribution in [2.24, 2.45) is 0 Å². The number of nitrogens with one attached hydrogen (secondary N) is 1. The third kappa shape index (κ3) is 3.95. The number of aliphatic hydroxyl groups is 1. The number of nitrogens with zero attached hydrogens (tertiary/aromatic N) is 1. The summed E-state index contributed by atoms with van der Waals surface area (Å²) in [6.07, 6.45) is 4.55. The van der Waals surface area contributed by atoms with Gasteiger partial charge in [-0.2, -0.15) is 0 Å². The van der Waals surface area contributed by atoms with Crippen LogP contribution < -0.4 is 5.32 Å². The molecule has 1 heterocycles. The highest BCUT2D eigenvalue weighted by Crippen LogP contribution is 2.14. The smallest absolute Gasteiger partial charge is 0.0431 e. The minimum Gasteiger partial charge on any atom is -0.396 e. The van der Waals surface area contributed by atoms with Crippen molar-refractivity contribution >= 4 is 0 Å². The highest BCUT2D eigenvalue weighted by Gasteiger charge is 2.24. The van der Waals surface area contributed by atoms with Crippen molar-refractivity contribution in [1.29, 1.82) is 0 Å². The highest BCUT2D eigenvalue weighted by atomic mass is 16.2. The van der Waals surface area contributed by atoms with E-state index >= 15 is 0 Å². The average molecular weight is 200 g/mol. The fourth-order valence-corrected chi connectivity index (χ4v) is 2.06. The summed E-state index contributed by atoms with van der Waals surface area (Å²) in [7, 11) is 2.19. The summed E-state index contributed by atoms with van der Waals surface area (Å²) in [4.78, 5) is 2.41.